The molecule has 3 rings (SSSR count). The molecule has 1 aliphatic rings. The Hall–Kier alpha value is -2.91. The summed E-state index contributed by atoms with van der Waals surface area (Å²) in [5.74, 6) is -0.360. The molecule has 1 fully saturated rings. The van der Waals surface area contributed by atoms with Crippen molar-refractivity contribution in [2.75, 3.05) is 37.8 Å². The second-order valence-electron chi connectivity index (χ2n) is 8.72. The first-order valence-corrected chi connectivity index (χ1v) is 11.8. The zero-order chi connectivity index (χ0) is 23.7. The van der Waals surface area contributed by atoms with Crippen LogP contribution in [0.4, 0.5) is 5.69 Å². The largest absolute Gasteiger partial charge is 0.497 e. The number of ether oxygens (including phenoxy) is 1. The molecule has 1 N–H and O–H groups in total. The molecule has 172 valence electrons. The molecule has 1 saturated heterocycles. The lowest BCUT2D eigenvalue weighted by Gasteiger charge is -2.25. The maximum atomic E-state index is 12.8. The number of carbonyl (C=O) groups excluding carboxylic acids is 2. The smallest absolute Gasteiger partial charge is 0.251 e. The van der Waals surface area contributed by atoms with Crippen molar-refractivity contribution in [3.8, 4) is 5.75 Å². The van der Waals surface area contributed by atoms with E-state index in [2.05, 4.69) is 5.32 Å². The van der Waals surface area contributed by atoms with Crippen molar-refractivity contribution in [3.63, 3.8) is 0 Å². The number of nitrogens with one attached hydrogen (secondary N) is 1. The van der Waals surface area contributed by atoms with E-state index in [1.54, 1.807) is 33.1 Å². The molecular formula is C23H29N3O5S. The summed E-state index contributed by atoms with van der Waals surface area (Å²) in [6, 6.07) is 13.7. The summed E-state index contributed by atoms with van der Waals surface area (Å²) in [6.45, 7) is 3.55. The van der Waals surface area contributed by atoms with Crippen LogP contribution in [0.15, 0.2) is 48.5 Å². The number of benzene rings is 2. The predicted molar refractivity (Wildman–Crippen MR) is 123 cm³/mol. The number of sulfonamides is 1. The van der Waals surface area contributed by atoms with E-state index in [0.29, 0.717) is 6.54 Å². The van der Waals surface area contributed by atoms with Gasteiger partial charge in [-0.3, -0.25) is 9.59 Å². The van der Waals surface area contributed by atoms with Gasteiger partial charge in [-0.2, -0.15) is 0 Å². The van der Waals surface area contributed by atoms with Crippen molar-refractivity contribution >= 4 is 27.5 Å². The number of hydrogen-bond acceptors (Lipinski definition) is 6. The molecule has 1 unspecified atom stereocenters. The molecule has 1 atom stereocenters. The van der Waals surface area contributed by atoms with E-state index >= 15 is 0 Å². The number of anilines is 1. The highest BCUT2D eigenvalue weighted by atomic mass is 32.2. The number of carbonyl (C=O) groups is 2. The monoisotopic (exact) mass is 459 g/mol. The van der Waals surface area contributed by atoms with Gasteiger partial charge in [0, 0.05) is 12.1 Å². The van der Waals surface area contributed by atoms with Gasteiger partial charge in [-0.1, -0.05) is 18.2 Å². The van der Waals surface area contributed by atoms with Crippen molar-refractivity contribution in [1.82, 2.24) is 10.2 Å². The van der Waals surface area contributed by atoms with Crippen LogP contribution in [0, 0.1) is 5.41 Å². The molecule has 2 aromatic carbocycles. The van der Waals surface area contributed by atoms with Crippen LogP contribution >= 0.6 is 0 Å². The van der Waals surface area contributed by atoms with Crippen LogP contribution in [0.1, 0.15) is 35.8 Å². The van der Waals surface area contributed by atoms with Gasteiger partial charge in [-0.05, 0) is 63.8 Å². The van der Waals surface area contributed by atoms with Gasteiger partial charge in [0.05, 0.1) is 30.0 Å². The Morgan fingerprint density at radius 2 is 1.84 bits per heavy atom. The SMILES string of the molecule is COc1ccc(C(CNC(=O)c2cccc(N3C(=O)C(C)(C)CS3(=O)=O)c2)N(C)C)cc1. The van der Waals surface area contributed by atoms with Gasteiger partial charge < -0.3 is 15.0 Å². The van der Waals surface area contributed by atoms with Crippen molar-refractivity contribution in [2.24, 2.45) is 5.41 Å². The van der Waals surface area contributed by atoms with E-state index in [1.807, 2.05) is 43.3 Å². The van der Waals surface area contributed by atoms with Crippen LogP contribution in [0.5, 0.6) is 5.75 Å². The second-order valence-corrected chi connectivity index (χ2v) is 10.5. The molecule has 0 radical (unpaired) electrons. The van der Waals surface area contributed by atoms with Crippen LogP contribution < -0.4 is 14.4 Å². The average Bonchev–Trinajstić information content (AvgIpc) is 2.90. The zero-order valence-electron chi connectivity index (χ0n) is 19.0. The van der Waals surface area contributed by atoms with E-state index in [9.17, 15) is 18.0 Å². The second kappa shape index (κ2) is 8.91. The van der Waals surface area contributed by atoms with Crippen LogP contribution in [0.25, 0.3) is 0 Å². The average molecular weight is 460 g/mol. The van der Waals surface area contributed by atoms with E-state index in [0.717, 1.165) is 15.6 Å². The molecule has 0 aromatic heterocycles. The molecule has 32 heavy (non-hydrogen) atoms. The third-order valence-electron chi connectivity index (χ3n) is 5.51. The van der Waals surface area contributed by atoms with Crippen molar-refractivity contribution in [2.45, 2.75) is 19.9 Å². The molecular weight excluding hydrogens is 430 g/mol. The molecule has 0 aliphatic carbocycles. The molecule has 8 nitrogen and oxygen atoms in total. The quantitative estimate of drug-likeness (QED) is 0.683. The standard InChI is InChI=1S/C23H29N3O5S/c1-23(2)15-32(29,30)26(22(23)28)18-8-6-7-17(13-18)21(27)24-14-20(25(3)4)16-9-11-19(31-5)12-10-16/h6-13,20H,14-15H2,1-5H3,(H,24,27). The van der Waals surface area contributed by atoms with Crippen molar-refractivity contribution in [1.29, 1.82) is 0 Å². The van der Waals surface area contributed by atoms with Crippen LogP contribution in [-0.2, 0) is 14.8 Å². The minimum Gasteiger partial charge on any atom is -0.497 e. The molecule has 2 amide bonds. The maximum Gasteiger partial charge on any atom is 0.251 e. The number of amides is 2. The Labute approximate surface area is 189 Å². The molecule has 0 spiro atoms. The first kappa shape index (κ1) is 23.7. The normalized spacial score (nSPS) is 17.9. The van der Waals surface area contributed by atoms with Crippen LogP contribution in [0.3, 0.4) is 0 Å². The highest BCUT2D eigenvalue weighted by molar-refractivity contribution is 7.94. The number of methoxy groups -OCH3 is 1. The van der Waals surface area contributed by atoms with Crippen molar-refractivity contribution in [3.05, 3.63) is 59.7 Å². The van der Waals surface area contributed by atoms with Gasteiger partial charge in [0.1, 0.15) is 5.75 Å². The fraction of sp³-hybridized carbons (Fsp3) is 0.391. The van der Waals surface area contributed by atoms with Gasteiger partial charge in [-0.15, -0.1) is 0 Å². The Morgan fingerprint density at radius 1 is 1.19 bits per heavy atom. The summed E-state index contributed by atoms with van der Waals surface area (Å²) in [5, 5.41) is 2.91. The molecule has 9 heteroatoms. The summed E-state index contributed by atoms with van der Waals surface area (Å²) in [7, 11) is 1.67. The highest BCUT2D eigenvalue weighted by Crippen LogP contribution is 2.36. The lowest BCUT2D eigenvalue weighted by molar-refractivity contribution is -0.123. The highest BCUT2D eigenvalue weighted by Gasteiger charge is 2.49. The minimum atomic E-state index is -3.78. The number of rotatable bonds is 7. The summed E-state index contributed by atoms with van der Waals surface area (Å²) in [4.78, 5) is 27.5. The first-order valence-electron chi connectivity index (χ1n) is 10.2. The Bertz CT molecular complexity index is 1110. The number of likely N-dealkylation sites (N-methyl/N-ethyl adjacent to an activating group) is 1. The molecule has 2 aromatic rings. The fourth-order valence-electron chi connectivity index (χ4n) is 3.75. The van der Waals surface area contributed by atoms with E-state index in [-0.39, 0.29) is 29.0 Å². The van der Waals surface area contributed by atoms with E-state index in [4.69, 9.17) is 4.74 Å². The third kappa shape index (κ3) is 4.78. The summed E-state index contributed by atoms with van der Waals surface area (Å²) in [5.41, 5.74) is 0.463. The molecule has 1 aliphatic heterocycles. The lowest BCUT2D eigenvalue weighted by Crippen LogP contribution is -2.35. The zero-order valence-corrected chi connectivity index (χ0v) is 19.8. The van der Waals surface area contributed by atoms with E-state index < -0.39 is 21.3 Å². The Balaban J connectivity index is 1.77. The van der Waals surface area contributed by atoms with Crippen LogP contribution in [-0.4, -0.2) is 58.6 Å². The number of hydrogen-bond donors (Lipinski definition) is 1. The maximum absolute atomic E-state index is 12.8. The van der Waals surface area contributed by atoms with Gasteiger partial charge in [0.15, 0.2) is 0 Å². The first-order chi connectivity index (χ1) is 15.0. The van der Waals surface area contributed by atoms with Gasteiger partial charge in [0.2, 0.25) is 15.9 Å². The minimum absolute atomic E-state index is 0.0747. The molecule has 0 bridgehead atoms. The summed E-state index contributed by atoms with van der Waals surface area (Å²) >= 11 is 0. The van der Waals surface area contributed by atoms with Gasteiger partial charge >= 0.3 is 0 Å². The summed E-state index contributed by atoms with van der Waals surface area (Å²) < 4.78 is 31.1. The molecule has 0 saturated carbocycles. The topological polar surface area (TPSA) is 96.0 Å². The predicted octanol–water partition coefficient (Wildman–Crippen LogP) is 2.43. The Kier molecular flexibility index (Phi) is 6.61. The summed E-state index contributed by atoms with van der Waals surface area (Å²) in [6.07, 6.45) is 0. The van der Waals surface area contributed by atoms with Gasteiger partial charge in [-0.25, -0.2) is 12.7 Å². The third-order valence-corrected chi connectivity index (χ3v) is 7.53. The van der Waals surface area contributed by atoms with Gasteiger partial charge in [0.25, 0.3) is 5.91 Å². The van der Waals surface area contributed by atoms with E-state index in [1.165, 1.54) is 12.1 Å². The van der Waals surface area contributed by atoms with Crippen LogP contribution in [0.2, 0.25) is 0 Å². The lowest BCUT2D eigenvalue weighted by atomic mass is 9.95. The number of nitrogens with zero attached hydrogens (tertiary/aromatic N) is 2. The van der Waals surface area contributed by atoms with Crippen molar-refractivity contribution < 1.29 is 22.7 Å². The Morgan fingerprint density at radius 3 is 2.38 bits per heavy atom. The fourth-order valence-corrected chi connectivity index (χ4v) is 5.85. The molecule has 1 heterocycles.